The van der Waals surface area contributed by atoms with Gasteiger partial charge in [0.05, 0.1) is 5.75 Å². The zero-order valence-electron chi connectivity index (χ0n) is 12.0. The molecule has 0 spiro atoms. The first-order valence-corrected chi connectivity index (χ1v) is 8.69. The van der Waals surface area contributed by atoms with Gasteiger partial charge in [0.2, 0.25) is 0 Å². The summed E-state index contributed by atoms with van der Waals surface area (Å²) in [7, 11) is 0. The van der Waals surface area contributed by atoms with E-state index in [9.17, 15) is 4.79 Å². The molecule has 0 aliphatic rings. The molecule has 0 saturated heterocycles. The normalized spacial score (nSPS) is 11.4. The van der Waals surface area contributed by atoms with E-state index in [1.807, 2.05) is 10.6 Å². The zero-order chi connectivity index (χ0) is 15.4. The number of aromatic nitrogens is 3. The van der Waals surface area contributed by atoms with Crippen LogP contribution in [0.15, 0.2) is 21.9 Å². The number of carboxylic acids is 1. The first-order chi connectivity index (χ1) is 10.0. The molecule has 7 heteroatoms. The Hall–Kier alpha value is -1.08. The van der Waals surface area contributed by atoms with Crippen molar-refractivity contribution in [3.05, 3.63) is 16.7 Å². The Labute approximate surface area is 136 Å². The molecule has 114 valence electrons. The van der Waals surface area contributed by atoms with Crippen molar-refractivity contribution in [2.75, 3.05) is 5.75 Å². The predicted octanol–water partition coefficient (Wildman–Crippen LogP) is 3.81. The van der Waals surface area contributed by atoms with E-state index in [2.05, 4.69) is 39.7 Å². The molecule has 0 saturated carbocycles. The van der Waals surface area contributed by atoms with Crippen LogP contribution in [0.25, 0.3) is 11.2 Å². The molecule has 0 radical (unpaired) electrons. The molecule has 0 aliphatic carbocycles. The summed E-state index contributed by atoms with van der Waals surface area (Å²) in [6.45, 7) is 5.16. The molecule has 0 aliphatic heterocycles. The van der Waals surface area contributed by atoms with Crippen LogP contribution < -0.4 is 0 Å². The summed E-state index contributed by atoms with van der Waals surface area (Å²) in [5.41, 5.74) is 1.61. The number of fused-ring (bicyclic) bond motifs is 1. The Kier molecular flexibility index (Phi) is 5.64. The highest BCUT2D eigenvalue weighted by atomic mass is 79.9. The van der Waals surface area contributed by atoms with Crippen molar-refractivity contribution < 1.29 is 9.90 Å². The lowest BCUT2D eigenvalue weighted by Crippen LogP contribution is -2.11. The minimum atomic E-state index is -0.838. The topological polar surface area (TPSA) is 68.0 Å². The third-order valence-corrected chi connectivity index (χ3v) is 4.83. The van der Waals surface area contributed by atoms with Crippen molar-refractivity contribution in [3.8, 4) is 0 Å². The second-order valence-electron chi connectivity index (χ2n) is 4.87. The minimum absolute atomic E-state index is 0.00735. The Morgan fingerprint density at radius 1 is 1.48 bits per heavy atom. The highest BCUT2D eigenvalue weighted by Crippen LogP contribution is 2.26. The van der Waals surface area contributed by atoms with Crippen molar-refractivity contribution in [3.63, 3.8) is 0 Å². The van der Waals surface area contributed by atoms with E-state index in [1.54, 1.807) is 6.20 Å². The summed E-state index contributed by atoms with van der Waals surface area (Å²) in [4.78, 5) is 19.8. The van der Waals surface area contributed by atoms with Crippen LogP contribution in [0.3, 0.4) is 0 Å². The van der Waals surface area contributed by atoms with Crippen molar-refractivity contribution in [1.29, 1.82) is 0 Å². The van der Waals surface area contributed by atoms with Gasteiger partial charge in [-0.3, -0.25) is 4.79 Å². The van der Waals surface area contributed by atoms with Crippen molar-refractivity contribution >= 4 is 44.8 Å². The second-order valence-corrected chi connectivity index (χ2v) is 6.72. The molecule has 0 bridgehead atoms. The van der Waals surface area contributed by atoms with Crippen LogP contribution in [-0.4, -0.2) is 31.4 Å². The van der Waals surface area contributed by atoms with Crippen LogP contribution in [0.4, 0.5) is 0 Å². The summed E-state index contributed by atoms with van der Waals surface area (Å²) < 4.78 is 2.92. The molecule has 0 amide bonds. The predicted molar refractivity (Wildman–Crippen MR) is 87.7 cm³/mol. The van der Waals surface area contributed by atoms with E-state index >= 15 is 0 Å². The average molecular weight is 372 g/mol. The lowest BCUT2D eigenvalue weighted by Gasteiger charge is -2.15. The maximum Gasteiger partial charge on any atom is 0.313 e. The molecule has 0 fully saturated rings. The molecule has 0 atom stereocenters. The smallest absolute Gasteiger partial charge is 0.313 e. The molecular weight excluding hydrogens is 354 g/mol. The Balaban J connectivity index is 2.41. The van der Waals surface area contributed by atoms with Gasteiger partial charge in [-0.2, -0.15) is 0 Å². The van der Waals surface area contributed by atoms with Gasteiger partial charge in [-0.1, -0.05) is 38.5 Å². The number of halogens is 1. The number of aliphatic carboxylic acids is 1. The number of nitrogens with zero attached hydrogens (tertiary/aromatic N) is 3. The summed E-state index contributed by atoms with van der Waals surface area (Å²) in [5.74, 6) is -0.291. The fourth-order valence-electron chi connectivity index (χ4n) is 2.17. The van der Waals surface area contributed by atoms with E-state index < -0.39 is 5.97 Å². The molecule has 2 rings (SSSR count). The lowest BCUT2D eigenvalue weighted by atomic mass is 10.0. The van der Waals surface area contributed by atoms with Gasteiger partial charge in [0.15, 0.2) is 10.8 Å². The number of hydrogen-bond donors (Lipinski definition) is 1. The summed E-state index contributed by atoms with van der Waals surface area (Å²) >= 11 is 4.64. The highest BCUT2D eigenvalue weighted by Gasteiger charge is 2.16. The van der Waals surface area contributed by atoms with Crippen LogP contribution >= 0.6 is 27.7 Å². The number of carboxylic acid groups (broad SMARTS) is 1. The first-order valence-electron chi connectivity index (χ1n) is 6.91. The Morgan fingerprint density at radius 2 is 2.19 bits per heavy atom. The number of imidazole rings is 1. The van der Waals surface area contributed by atoms with Gasteiger partial charge < -0.3 is 9.67 Å². The molecule has 1 N–H and O–H groups in total. The molecule has 2 aromatic rings. The number of hydrogen-bond acceptors (Lipinski definition) is 4. The monoisotopic (exact) mass is 371 g/mol. The van der Waals surface area contributed by atoms with Crippen LogP contribution in [0, 0.1) is 5.92 Å². The molecule has 0 aromatic carbocycles. The molecule has 2 heterocycles. The molecule has 5 nitrogen and oxygen atoms in total. The number of rotatable bonds is 7. The van der Waals surface area contributed by atoms with Crippen LogP contribution in [-0.2, 0) is 11.3 Å². The van der Waals surface area contributed by atoms with Gasteiger partial charge in [0.25, 0.3) is 0 Å². The molecule has 0 unspecified atom stereocenters. The molecular formula is C14H18BrN3O2S. The third kappa shape index (κ3) is 3.97. The van der Waals surface area contributed by atoms with Crippen molar-refractivity contribution in [2.45, 2.75) is 38.4 Å². The lowest BCUT2D eigenvalue weighted by molar-refractivity contribution is -0.133. The van der Waals surface area contributed by atoms with Gasteiger partial charge in [-0.25, -0.2) is 9.97 Å². The van der Waals surface area contributed by atoms with E-state index in [1.165, 1.54) is 11.8 Å². The summed E-state index contributed by atoms with van der Waals surface area (Å²) in [5, 5.41) is 9.60. The minimum Gasteiger partial charge on any atom is -0.481 e. The van der Waals surface area contributed by atoms with Gasteiger partial charge in [-0.15, -0.1) is 0 Å². The second kappa shape index (κ2) is 7.26. The van der Waals surface area contributed by atoms with Gasteiger partial charge in [0.1, 0.15) is 5.52 Å². The quantitative estimate of drug-likeness (QED) is 0.749. The van der Waals surface area contributed by atoms with Gasteiger partial charge in [0, 0.05) is 17.2 Å². The fourth-order valence-corrected chi connectivity index (χ4v) is 3.22. The van der Waals surface area contributed by atoms with Crippen molar-refractivity contribution in [2.24, 2.45) is 5.92 Å². The molecule has 2 aromatic heterocycles. The van der Waals surface area contributed by atoms with E-state index in [0.717, 1.165) is 40.2 Å². The maximum absolute atomic E-state index is 10.8. The van der Waals surface area contributed by atoms with Gasteiger partial charge in [-0.05, 0) is 27.9 Å². The summed E-state index contributed by atoms with van der Waals surface area (Å²) in [6.07, 6.45) is 3.91. The summed E-state index contributed by atoms with van der Waals surface area (Å²) in [6, 6.07) is 1.91. The zero-order valence-corrected chi connectivity index (χ0v) is 14.4. The fraction of sp³-hybridized carbons (Fsp3) is 0.500. The number of carbonyl (C=O) groups is 1. The Bertz CT molecular complexity index is 640. The van der Waals surface area contributed by atoms with Crippen LogP contribution in [0.2, 0.25) is 0 Å². The largest absolute Gasteiger partial charge is 0.481 e. The number of pyridine rings is 1. The maximum atomic E-state index is 10.8. The van der Waals surface area contributed by atoms with Crippen LogP contribution in [0.1, 0.15) is 26.7 Å². The Morgan fingerprint density at radius 3 is 2.81 bits per heavy atom. The SMILES string of the molecule is CCC(CC)Cn1c(SCC(=O)O)nc2cc(Br)cnc21. The van der Waals surface area contributed by atoms with Crippen LogP contribution in [0.5, 0.6) is 0 Å². The number of thioether (sulfide) groups is 1. The van der Waals surface area contributed by atoms with Gasteiger partial charge >= 0.3 is 5.97 Å². The first kappa shape index (κ1) is 16.3. The molecule has 21 heavy (non-hydrogen) atoms. The third-order valence-electron chi connectivity index (χ3n) is 3.44. The highest BCUT2D eigenvalue weighted by molar-refractivity contribution is 9.10. The van der Waals surface area contributed by atoms with E-state index in [0.29, 0.717) is 5.92 Å². The average Bonchev–Trinajstić information content (AvgIpc) is 2.79. The standard InChI is InChI=1S/C14H18BrN3O2S/c1-3-9(4-2)7-18-13-11(5-10(15)6-16-13)17-14(18)21-8-12(19)20/h5-6,9H,3-4,7-8H2,1-2H3,(H,19,20). The van der Waals surface area contributed by atoms with E-state index in [-0.39, 0.29) is 5.75 Å². The van der Waals surface area contributed by atoms with Crippen molar-refractivity contribution in [1.82, 2.24) is 14.5 Å². The van der Waals surface area contributed by atoms with E-state index in [4.69, 9.17) is 5.11 Å².